The zero-order valence-electron chi connectivity index (χ0n) is 13.5. The highest BCUT2D eigenvalue weighted by molar-refractivity contribution is 8.00. The fourth-order valence-electron chi connectivity index (χ4n) is 3.17. The first-order valence-electron chi connectivity index (χ1n) is 8.19. The van der Waals surface area contributed by atoms with Crippen LogP contribution in [0, 0.1) is 5.92 Å². The number of amides is 1. The molecule has 0 saturated heterocycles. The summed E-state index contributed by atoms with van der Waals surface area (Å²) in [5, 5.41) is 0.268. The average Bonchev–Trinajstić information content (AvgIpc) is 2.94. The Hall–Kier alpha value is -1.43. The fourth-order valence-corrected chi connectivity index (χ4v) is 4.26. The number of anilines is 1. The van der Waals surface area contributed by atoms with Crippen molar-refractivity contribution in [2.75, 3.05) is 11.4 Å². The van der Waals surface area contributed by atoms with E-state index in [1.165, 1.54) is 6.07 Å². The molecule has 1 aliphatic heterocycles. The van der Waals surface area contributed by atoms with Gasteiger partial charge in [0, 0.05) is 23.1 Å². The molecule has 0 spiro atoms. The van der Waals surface area contributed by atoms with E-state index in [1.807, 2.05) is 13.0 Å². The zero-order chi connectivity index (χ0) is 17.3. The van der Waals surface area contributed by atoms with Crippen LogP contribution < -0.4 is 4.90 Å². The summed E-state index contributed by atoms with van der Waals surface area (Å²) < 4.78 is 39.2. The predicted molar refractivity (Wildman–Crippen MR) is 90.2 cm³/mol. The lowest BCUT2D eigenvalue weighted by molar-refractivity contribution is -0.137. The summed E-state index contributed by atoms with van der Waals surface area (Å²) in [5.41, 5.74) is -0.291. The molecular weight excluding hydrogens is 335 g/mol. The number of allylic oxidation sites excluding steroid dienone is 2. The highest BCUT2D eigenvalue weighted by Gasteiger charge is 2.33. The molecule has 0 radical (unpaired) electrons. The molecule has 0 aromatic heterocycles. The van der Waals surface area contributed by atoms with Crippen LogP contribution in [0.1, 0.15) is 38.2 Å². The molecule has 1 aliphatic carbocycles. The summed E-state index contributed by atoms with van der Waals surface area (Å²) in [6.07, 6.45) is 2.76. The van der Waals surface area contributed by atoms with Gasteiger partial charge in [0.25, 0.3) is 0 Å². The molecule has 130 valence electrons. The summed E-state index contributed by atoms with van der Waals surface area (Å²) in [7, 11) is 0. The SMILES string of the molecule is C[C@@H]1CCN(C(=O)C[C@@H]2C=CCC2)c2cc(C(F)(F)F)ccc2S1. The maximum atomic E-state index is 13.1. The quantitative estimate of drug-likeness (QED) is 0.673. The first kappa shape index (κ1) is 17.4. The molecule has 1 amide bonds. The van der Waals surface area contributed by atoms with Crippen molar-refractivity contribution in [1.82, 2.24) is 0 Å². The molecule has 0 unspecified atom stereocenters. The number of nitrogens with zero attached hydrogens (tertiary/aromatic N) is 1. The smallest absolute Gasteiger partial charge is 0.311 e. The van der Waals surface area contributed by atoms with Crippen LogP contribution in [0.3, 0.4) is 0 Å². The van der Waals surface area contributed by atoms with Gasteiger partial charge >= 0.3 is 6.18 Å². The minimum Gasteiger partial charge on any atom is -0.311 e. The van der Waals surface area contributed by atoms with E-state index in [9.17, 15) is 18.0 Å². The lowest BCUT2D eigenvalue weighted by Gasteiger charge is -2.24. The van der Waals surface area contributed by atoms with Gasteiger partial charge < -0.3 is 4.90 Å². The first-order chi connectivity index (χ1) is 11.3. The van der Waals surface area contributed by atoms with E-state index in [-0.39, 0.29) is 17.1 Å². The number of thioether (sulfide) groups is 1. The normalized spacial score (nSPS) is 23.9. The van der Waals surface area contributed by atoms with Gasteiger partial charge in [0.2, 0.25) is 5.91 Å². The van der Waals surface area contributed by atoms with Crippen LogP contribution in [0.25, 0.3) is 0 Å². The van der Waals surface area contributed by atoms with E-state index in [0.29, 0.717) is 18.7 Å². The maximum absolute atomic E-state index is 13.1. The molecule has 0 N–H and O–H groups in total. The molecule has 24 heavy (non-hydrogen) atoms. The third-order valence-electron chi connectivity index (χ3n) is 4.51. The molecular formula is C18H20F3NOS. The second-order valence-corrected chi connectivity index (χ2v) is 7.89. The number of hydrogen-bond donors (Lipinski definition) is 0. The van der Waals surface area contributed by atoms with Crippen molar-refractivity contribution in [2.24, 2.45) is 5.92 Å². The van der Waals surface area contributed by atoms with E-state index in [2.05, 4.69) is 6.08 Å². The summed E-state index contributed by atoms with van der Waals surface area (Å²) in [6.45, 7) is 2.51. The van der Waals surface area contributed by atoms with Gasteiger partial charge in [-0.25, -0.2) is 0 Å². The number of carbonyl (C=O) groups is 1. The summed E-state index contributed by atoms with van der Waals surface area (Å²) >= 11 is 1.54. The zero-order valence-corrected chi connectivity index (χ0v) is 14.3. The van der Waals surface area contributed by atoms with Gasteiger partial charge in [-0.15, -0.1) is 11.8 Å². The molecule has 1 aromatic carbocycles. The summed E-state index contributed by atoms with van der Waals surface area (Å²) in [4.78, 5) is 15.1. The molecule has 2 atom stereocenters. The van der Waals surface area contributed by atoms with Crippen LogP contribution in [0.2, 0.25) is 0 Å². The molecule has 2 aliphatic rings. The van der Waals surface area contributed by atoms with Crippen molar-refractivity contribution < 1.29 is 18.0 Å². The van der Waals surface area contributed by atoms with E-state index in [4.69, 9.17) is 0 Å². The minimum absolute atomic E-state index is 0.0816. The number of carbonyl (C=O) groups excluding carboxylic acids is 1. The Morgan fingerprint density at radius 1 is 1.33 bits per heavy atom. The monoisotopic (exact) mass is 355 g/mol. The third-order valence-corrected chi connectivity index (χ3v) is 5.75. The second-order valence-electron chi connectivity index (χ2n) is 6.41. The number of hydrogen-bond acceptors (Lipinski definition) is 2. The van der Waals surface area contributed by atoms with E-state index >= 15 is 0 Å². The van der Waals surface area contributed by atoms with Gasteiger partial charge in [-0.05, 0) is 43.4 Å². The Balaban J connectivity index is 1.92. The Labute approximate surface area is 144 Å². The van der Waals surface area contributed by atoms with Gasteiger partial charge in [-0.1, -0.05) is 19.1 Å². The second kappa shape index (κ2) is 6.82. The van der Waals surface area contributed by atoms with Crippen LogP contribution in [0.15, 0.2) is 35.2 Å². The van der Waals surface area contributed by atoms with Crippen molar-refractivity contribution in [3.05, 3.63) is 35.9 Å². The lowest BCUT2D eigenvalue weighted by Crippen LogP contribution is -2.33. The third kappa shape index (κ3) is 3.79. The molecule has 3 rings (SSSR count). The fraction of sp³-hybridized carbons (Fsp3) is 0.500. The van der Waals surface area contributed by atoms with Gasteiger partial charge in [0.05, 0.1) is 11.3 Å². The number of fused-ring (bicyclic) bond motifs is 1. The first-order valence-corrected chi connectivity index (χ1v) is 9.07. The van der Waals surface area contributed by atoms with Crippen LogP contribution in [0.4, 0.5) is 18.9 Å². The Kier molecular flexibility index (Phi) is 4.95. The highest BCUT2D eigenvalue weighted by atomic mass is 32.2. The standard InChI is InChI=1S/C18H20F3NOS/c1-12-8-9-22(17(23)10-13-4-2-3-5-13)15-11-14(18(19,20)21)6-7-16(15)24-12/h2,4,6-7,11-13H,3,5,8-10H2,1H3/t12-,13-/m1/s1. The number of alkyl halides is 3. The highest BCUT2D eigenvalue weighted by Crippen LogP contribution is 2.41. The largest absolute Gasteiger partial charge is 0.416 e. The van der Waals surface area contributed by atoms with Crippen LogP contribution in [-0.2, 0) is 11.0 Å². The summed E-state index contributed by atoms with van der Waals surface area (Å²) in [6, 6.07) is 3.73. The Morgan fingerprint density at radius 2 is 2.12 bits per heavy atom. The van der Waals surface area contributed by atoms with Gasteiger partial charge in [0.15, 0.2) is 0 Å². The molecule has 2 nitrogen and oxygen atoms in total. The van der Waals surface area contributed by atoms with Crippen LogP contribution in [0.5, 0.6) is 0 Å². The van der Waals surface area contributed by atoms with Crippen molar-refractivity contribution in [3.8, 4) is 0 Å². The van der Waals surface area contributed by atoms with Gasteiger partial charge in [-0.2, -0.15) is 13.2 Å². The molecule has 6 heteroatoms. The van der Waals surface area contributed by atoms with Gasteiger partial charge in [-0.3, -0.25) is 4.79 Å². The summed E-state index contributed by atoms with van der Waals surface area (Å²) in [5.74, 6) is 0.127. The molecule has 1 aromatic rings. The van der Waals surface area contributed by atoms with Gasteiger partial charge in [0.1, 0.15) is 0 Å². The average molecular weight is 355 g/mol. The molecule has 0 saturated carbocycles. The van der Waals surface area contributed by atoms with E-state index in [1.54, 1.807) is 16.7 Å². The number of rotatable bonds is 2. The van der Waals surface area contributed by atoms with E-state index in [0.717, 1.165) is 36.3 Å². The number of benzene rings is 1. The van der Waals surface area contributed by atoms with Crippen molar-refractivity contribution in [1.29, 1.82) is 0 Å². The molecule has 0 bridgehead atoms. The minimum atomic E-state index is -4.40. The topological polar surface area (TPSA) is 20.3 Å². The molecule has 1 heterocycles. The Bertz CT molecular complexity index is 656. The predicted octanol–water partition coefficient (Wildman–Crippen LogP) is 5.28. The van der Waals surface area contributed by atoms with Crippen LogP contribution in [-0.4, -0.2) is 17.7 Å². The molecule has 0 fully saturated rings. The van der Waals surface area contributed by atoms with Crippen LogP contribution >= 0.6 is 11.8 Å². The lowest BCUT2D eigenvalue weighted by atomic mass is 10.0. The van der Waals surface area contributed by atoms with Crippen molar-refractivity contribution in [3.63, 3.8) is 0 Å². The number of halogens is 3. The maximum Gasteiger partial charge on any atom is 0.416 e. The van der Waals surface area contributed by atoms with Crippen molar-refractivity contribution >= 4 is 23.4 Å². The Morgan fingerprint density at radius 3 is 2.79 bits per heavy atom. The van der Waals surface area contributed by atoms with E-state index < -0.39 is 11.7 Å². The van der Waals surface area contributed by atoms with Crippen molar-refractivity contribution in [2.45, 2.75) is 48.9 Å².